The third-order valence-electron chi connectivity index (χ3n) is 12.9. The number of nitrogens with zero attached hydrogens (tertiary/aromatic N) is 3. The van der Waals surface area contributed by atoms with E-state index in [-0.39, 0.29) is 5.41 Å². The molecule has 2 heterocycles. The summed E-state index contributed by atoms with van der Waals surface area (Å²) < 4.78 is 4.85. The third-order valence-corrected chi connectivity index (χ3v) is 12.9. The second-order valence-corrected chi connectivity index (χ2v) is 16.6. The highest BCUT2D eigenvalue weighted by molar-refractivity contribution is 6.17. The van der Waals surface area contributed by atoms with E-state index in [1.165, 1.54) is 77.0 Å². The topological polar surface area (TPSA) is 13.1 Å². The van der Waals surface area contributed by atoms with E-state index < -0.39 is 0 Å². The Hall–Kier alpha value is -7.62. The van der Waals surface area contributed by atoms with E-state index in [0.717, 1.165) is 28.4 Å². The molecule has 0 unspecified atom stereocenters. The molecular formula is C57H41N3. The van der Waals surface area contributed by atoms with Crippen molar-refractivity contribution in [1.82, 2.24) is 9.13 Å². The van der Waals surface area contributed by atoms with Crippen molar-refractivity contribution in [3.63, 3.8) is 0 Å². The number of rotatable bonds is 6. The van der Waals surface area contributed by atoms with E-state index >= 15 is 0 Å². The quantitative estimate of drug-likeness (QED) is 0.164. The molecule has 0 fully saturated rings. The fourth-order valence-corrected chi connectivity index (χ4v) is 10.1. The molecule has 0 atom stereocenters. The Morgan fingerprint density at radius 1 is 0.367 bits per heavy atom. The Kier molecular flexibility index (Phi) is 7.58. The van der Waals surface area contributed by atoms with Crippen molar-refractivity contribution >= 4 is 60.7 Å². The highest BCUT2D eigenvalue weighted by Crippen LogP contribution is 2.52. The Labute approximate surface area is 349 Å². The standard InChI is InChI=1S/C57H41N3/c1-57(2)49-23-12-9-20-44(49)45-34-32-42(36-50(45)57)58(43-33-35-47-46-21-10-13-24-51(46)60(55(47)37-43)40-18-7-4-8-19-40)53-26-15-27-54-56(53)48-22-11-14-25-52(48)59(54)41-30-28-39(29-31-41)38-16-5-3-6-17-38/h3-37H,1-2H3. The minimum atomic E-state index is -0.148. The first-order chi connectivity index (χ1) is 29.5. The van der Waals surface area contributed by atoms with Crippen molar-refractivity contribution in [2.45, 2.75) is 19.3 Å². The second-order valence-electron chi connectivity index (χ2n) is 16.6. The SMILES string of the molecule is CC1(C)c2ccccc2-c2ccc(N(c3ccc4c5ccccc5n(-c5ccccc5)c4c3)c3cccc4c3c3ccccc3n4-c3ccc(-c4ccccc4)cc3)cc21. The van der Waals surface area contributed by atoms with E-state index in [0.29, 0.717) is 0 Å². The van der Waals surface area contributed by atoms with E-state index in [2.05, 4.69) is 240 Å². The van der Waals surface area contributed by atoms with Gasteiger partial charge in [-0.25, -0.2) is 0 Å². The zero-order chi connectivity index (χ0) is 40.0. The molecule has 3 nitrogen and oxygen atoms in total. The van der Waals surface area contributed by atoms with Crippen molar-refractivity contribution in [2.24, 2.45) is 0 Å². The van der Waals surface area contributed by atoms with Gasteiger partial charge in [-0.2, -0.15) is 0 Å². The van der Waals surface area contributed by atoms with Gasteiger partial charge in [0.1, 0.15) is 0 Å². The van der Waals surface area contributed by atoms with Crippen LogP contribution >= 0.6 is 0 Å². The van der Waals surface area contributed by atoms with Gasteiger partial charge in [0.05, 0.1) is 27.8 Å². The van der Waals surface area contributed by atoms with E-state index in [9.17, 15) is 0 Å². The largest absolute Gasteiger partial charge is 0.310 e. The molecule has 3 heteroatoms. The lowest BCUT2D eigenvalue weighted by molar-refractivity contribution is 0.660. The van der Waals surface area contributed by atoms with Crippen LogP contribution in [0, 0.1) is 0 Å². The Morgan fingerprint density at radius 2 is 0.917 bits per heavy atom. The molecule has 284 valence electrons. The smallest absolute Gasteiger partial charge is 0.0562 e. The molecule has 0 spiro atoms. The van der Waals surface area contributed by atoms with Crippen molar-refractivity contribution in [2.75, 3.05) is 4.90 Å². The zero-order valence-corrected chi connectivity index (χ0v) is 33.5. The van der Waals surface area contributed by atoms with E-state index in [4.69, 9.17) is 0 Å². The summed E-state index contributed by atoms with van der Waals surface area (Å²) in [5.41, 5.74) is 18.0. The van der Waals surface area contributed by atoms with Crippen LogP contribution in [0.4, 0.5) is 17.1 Å². The molecule has 0 bridgehead atoms. The molecule has 11 aromatic rings. The first-order valence-corrected chi connectivity index (χ1v) is 20.9. The van der Waals surface area contributed by atoms with Gasteiger partial charge in [0.15, 0.2) is 0 Å². The Morgan fingerprint density at radius 3 is 1.72 bits per heavy atom. The highest BCUT2D eigenvalue weighted by atomic mass is 15.2. The molecule has 1 aliphatic rings. The first kappa shape index (κ1) is 34.4. The van der Waals surface area contributed by atoms with Crippen LogP contribution in [0.5, 0.6) is 0 Å². The average Bonchev–Trinajstić information content (AvgIpc) is 3.90. The van der Waals surface area contributed by atoms with Gasteiger partial charge in [0, 0.05) is 49.7 Å². The fourth-order valence-electron chi connectivity index (χ4n) is 10.1. The van der Waals surface area contributed by atoms with Crippen molar-refractivity contribution in [3.8, 4) is 33.6 Å². The van der Waals surface area contributed by atoms with Gasteiger partial charge in [-0.1, -0.05) is 153 Å². The fraction of sp³-hybridized carbons (Fsp3) is 0.0526. The van der Waals surface area contributed by atoms with Crippen LogP contribution in [-0.4, -0.2) is 9.13 Å². The van der Waals surface area contributed by atoms with Crippen LogP contribution in [0.1, 0.15) is 25.0 Å². The molecule has 9 aromatic carbocycles. The third kappa shape index (κ3) is 5.09. The lowest BCUT2D eigenvalue weighted by Crippen LogP contribution is -2.16. The summed E-state index contributed by atoms with van der Waals surface area (Å²) in [6, 6.07) is 77.9. The number of fused-ring (bicyclic) bond motifs is 9. The number of benzene rings is 9. The number of hydrogen-bond donors (Lipinski definition) is 0. The van der Waals surface area contributed by atoms with Crippen LogP contribution in [0.15, 0.2) is 212 Å². The lowest BCUT2D eigenvalue weighted by atomic mass is 9.82. The summed E-state index contributed by atoms with van der Waals surface area (Å²) in [6.45, 7) is 4.74. The van der Waals surface area contributed by atoms with Crippen molar-refractivity contribution in [3.05, 3.63) is 223 Å². The van der Waals surface area contributed by atoms with Gasteiger partial charge in [-0.15, -0.1) is 0 Å². The summed E-state index contributed by atoms with van der Waals surface area (Å²) in [5.74, 6) is 0. The molecular weight excluding hydrogens is 727 g/mol. The van der Waals surface area contributed by atoms with Gasteiger partial charge in [-0.05, 0) is 106 Å². The molecule has 0 saturated heterocycles. The monoisotopic (exact) mass is 767 g/mol. The molecule has 1 aliphatic carbocycles. The summed E-state index contributed by atoms with van der Waals surface area (Å²) >= 11 is 0. The molecule has 12 rings (SSSR count). The summed E-state index contributed by atoms with van der Waals surface area (Å²) in [7, 11) is 0. The van der Waals surface area contributed by atoms with Gasteiger partial charge in [0.2, 0.25) is 0 Å². The molecule has 0 radical (unpaired) electrons. The summed E-state index contributed by atoms with van der Waals surface area (Å²) in [5, 5.41) is 4.91. The number of anilines is 3. The van der Waals surface area contributed by atoms with Crippen LogP contribution < -0.4 is 4.90 Å². The van der Waals surface area contributed by atoms with Gasteiger partial charge in [-0.3, -0.25) is 0 Å². The predicted octanol–water partition coefficient (Wildman–Crippen LogP) is 15.3. The van der Waals surface area contributed by atoms with E-state index in [1.807, 2.05) is 0 Å². The minimum Gasteiger partial charge on any atom is -0.310 e. The molecule has 0 aliphatic heterocycles. The lowest BCUT2D eigenvalue weighted by Gasteiger charge is -2.29. The molecule has 0 saturated carbocycles. The zero-order valence-electron chi connectivity index (χ0n) is 33.5. The van der Waals surface area contributed by atoms with Gasteiger partial charge in [0.25, 0.3) is 0 Å². The Bertz CT molecular complexity index is 3440. The van der Waals surface area contributed by atoms with Crippen molar-refractivity contribution in [1.29, 1.82) is 0 Å². The average molecular weight is 768 g/mol. The predicted molar refractivity (Wildman–Crippen MR) is 253 cm³/mol. The normalized spacial score (nSPS) is 13.0. The molecule has 2 aromatic heterocycles. The van der Waals surface area contributed by atoms with Crippen LogP contribution in [0.3, 0.4) is 0 Å². The van der Waals surface area contributed by atoms with Crippen LogP contribution in [0.25, 0.3) is 77.2 Å². The van der Waals surface area contributed by atoms with E-state index in [1.54, 1.807) is 0 Å². The van der Waals surface area contributed by atoms with Crippen molar-refractivity contribution < 1.29 is 0 Å². The minimum absolute atomic E-state index is 0.148. The maximum Gasteiger partial charge on any atom is 0.0562 e. The Balaban J connectivity index is 1.13. The number of para-hydroxylation sites is 3. The molecule has 0 amide bonds. The highest BCUT2D eigenvalue weighted by Gasteiger charge is 2.36. The second kappa shape index (κ2) is 13.2. The summed E-state index contributed by atoms with van der Waals surface area (Å²) in [4.78, 5) is 2.50. The first-order valence-electron chi connectivity index (χ1n) is 20.9. The number of aromatic nitrogens is 2. The molecule has 60 heavy (non-hydrogen) atoms. The van der Waals surface area contributed by atoms with Crippen LogP contribution in [0.2, 0.25) is 0 Å². The number of hydrogen-bond acceptors (Lipinski definition) is 1. The van der Waals surface area contributed by atoms with Gasteiger partial charge >= 0.3 is 0 Å². The van der Waals surface area contributed by atoms with Crippen LogP contribution in [-0.2, 0) is 5.41 Å². The summed E-state index contributed by atoms with van der Waals surface area (Å²) in [6.07, 6.45) is 0. The molecule has 0 N–H and O–H groups in total. The maximum atomic E-state index is 2.50. The van der Waals surface area contributed by atoms with Gasteiger partial charge < -0.3 is 14.0 Å². The maximum absolute atomic E-state index is 2.50.